The van der Waals surface area contributed by atoms with Crippen molar-refractivity contribution >= 4 is 28.1 Å². The Bertz CT molecular complexity index is 1210. The number of fused-ring (bicyclic) bond motifs is 3. The summed E-state index contributed by atoms with van der Waals surface area (Å²) in [5, 5.41) is 2.55. The van der Waals surface area contributed by atoms with Crippen molar-refractivity contribution < 1.29 is 4.79 Å². The predicted octanol–water partition coefficient (Wildman–Crippen LogP) is 7.61. The van der Waals surface area contributed by atoms with Crippen LogP contribution in [-0.4, -0.2) is 11.3 Å². The fourth-order valence-electron chi connectivity index (χ4n) is 4.52. The lowest BCUT2D eigenvalue weighted by Gasteiger charge is -2.32. The number of aromatic amines is 1. The van der Waals surface area contributed by atoms with Gasteiger partial charge in [0.2, 0.25) is 0 Å². The van der Waals surface area contributed by atoms with Gasteiger partial charge >= 0.3 is 0 Å². The Morgan fingerprint density at radius 2 is 1.30 bits per heavy atom. The first-order chi connectivity index (χ1) is 14.1. The van der Waals surface area contributed by atoms with Crippen molar-refractivity contribution in [2.45, 2.75) is 52.9 Å². The summed E-state index contributed by atoms with van der Waals surface area (Å²) in [4.78, 5) is 14.7. The van der Waals surface area contributed by atoms with Gasteiger partial charge < -0.3 is 4.98 Å². The van der Waals surface area contributed by atoms with Crippen LogP contribution >= 0.6 is 0 Å². The minimum Gasteiger partial charge on any atom is -0.355 e. The molecular formula is C28H31NO. The highest BCUT2D eigenvalue weighted by atomic mass is 16.1. The van der Waals surface area contributed by atoms with E-state index in [0.717, 1.165) is 6.29 Å². The van der Waals surface area contributed by atoms with E-state index in [1.54, 1.807) is 0 Å². The molecule has 0 radical (unpaired) electrons. The summed E-state index contributed by atoms with van der Waals surface area (Å²) in [5.74, 6) is 0.235. The fourth-order valence-corrected chi connectivity index (χ4v) is 4.52. The lowest BCUT2D eigenvalue weighted by atomic mass is 9.72. The smallest absolute Gasteiger partial charge is 0.150 e. The normalized spacial score (nSPS) is 13.7. The van der Waals surface area contributed by atoms with Crippen LogP contribution in [0, 0.1) is 5.41 Å². The number of carbonyl (C=O) groups is 1. The minimum absolute atomic E-state index is 0.0407. The second kappa shape index (κ2) is 7.12. The number of aldehydes is 1. The Morgan fingerprint density at radius 1 is 0.733 bits per heavy atom. The molecule has 0 saturated carbocycles. The first-order valence-electron chi connectivity index (χ1n) is 10.7. The quantitative estimate of drug-likeness (QED) is 0.355. The molecule has 30 heavy (non-hydrogen) atoms. The molecule has 1 aromatic heterocycles. The van der Waals surface area contributed by atoms with Gasteiger partial charge in [-0.05, 0) is 51.8 Å². The van der Waals surface area contributed by atoms with Gasteiger partial charge in [0.05, 0.1) is 0 Å². The summed E-state index contributed by atoms with van der Waals surface area (Å²) in [6.07, 6.45) is 0.903. The number of benzene rings is 3. The molecule has 0 spiro atoms. The average Bonchev–Trinajstić information content (AvgIpc) is 3.04. The van der Waals surface area contributed by atoms with E-state index in [1.165, 1.54) is 38.5 Å². The number of H-pyrrole nitrogens is 1. The Labute approximate surface area is 179 Å². The molecule has 0 aliphatic heterocycles. The summed E-state index contributed by atoms with van der Waals surface area (Å²) < 4.78 is 0. The van der Waals surface area contributed by atoms with Crippen LogP contribution in [0.15, 0.2) is 60.7 Å². The van der Waals surface area contributed by atoms with E-state index in [9.17, 15) is 4.79 Å². The Morgan fingerprint density at radius 3 is 1.87 bits per heavy atom. The van der Waals surface area contributed by atoms with Gasteiger partial charge in [0.1, 0.15) is 6.29 Å². The third-order valence-corrected chi connectivity index (χ3v) is 6.09. The third-order valence-electron chi connectivity index (χ3n) is 6.09. The van der Waals surface area contributed by atoms with Crippen molar-refractivity contribution in [2.75, 3.05) is 0 Å². The monoisotopic (exact) mass is 397 g/mol. The van der Waals surface area contributed by atoms with Crippen molar-refractivity contribution in [3.05, 3.63) is 82.9 Å². The van der Waals surface area contributed by atoms with Gasteiger partial charge in [0.25, 0.3) is 0 Å². The van der Waals surface area contributed by atoms with Gasteiger partial charge in [-0.1, -0.05) is 77.9 Å². The standard InChI is InChI=1S/C28H31NO/c1-27(2,3)21-12-14-25-23(16-21)22-15-20(11-13-24(22)29-25)26(28(4,5)6)19-9-7-18(17-30)8-10-19/h7-17,26,29H,1-6H3. The van der Waals surface area contributed by atoms with Crippen molar-refractivity contribution in [1.29, 1.82) is 0 Å². The molecule has 4 rings (SSSR count). The highest BCUT2D eigenvalue weighted by Gasteiger charge is 2.28. The number of nitrogens with one attached hydrogen (secondary N) is 1. The highest BCUT2D eigenvalue weighted by Crippen LogP contribution is 2.42. The van der Waals surface area contributed by atoms with Gasteiger partial charge in [-0.15, -0.1) is 0 Å². The van der Waals surface area contributed by atoms with Crippen LogP contribution in [0.2, 0.25) is 0 Å². The van der Waals surface area contributed by atoms with E-state index in [0.29, 0.717) is 5.56 Å². The number of hydrogen-bond acceptors (Lipinski definition) is 1. The average molecular weight is 398 g/mol. The number of aromatic nitrogens is 1. The zero-order valence-electron chi connectivity index (χ0n) is 18.8. The van der Waals surface area contributed by atoms with E-state index in [1.807, 2.05) is 12.1 Å². The topological polar surface area (TPSA) is 32.9 Å². The van der Waals surface area contributed by atoms with Gasteiger partial charge in [-0.3, -0.25) is 4.79 Å². The number of hydrogen-bond donors (Lipinski definition) is 1. The van der Waals surface area contributed by atoms with E-state index in [4.69, 9.17) is 0 Å². The molecule has 1 unspecified atom stereocenters. The molecule has 0 fully saturated rings. The first kappa shape index (κ1) is 20.4. The molecule has 1 N–H and O–H groups in total. The molecule has 0 bridgehead atoms. The zero-order chi connectivity index (χ0) is 21.7. The van der Waals surface area contributed by atoms with Crippen LogP contribution in [0.5, 0.6) is 0 Å². The molecule has 2 heteroatoms. The largest absolute Gasteiger partial charge is 0.355 e. The Balaban J connectivity index is 1.90. The maximum atomic E-state index is 11.1. The summed E-state index contributed by atoms with van der Waals surface area (Å²) in [5.41, 5.74) is 7.11. The molecule has 0 amide bonds. The fraction of sp³-hybridized carbons (Fsp3) is 0.321. The highest BCUT2D eigenvalue weighted by molar-refractivity contribution is 6.07. The summed E-state index contributed by atoms with van der Waals surface area (Å²) >= 11 is 0. The van der Waals surface area contributed by atoms with E-state index in [2.05, 4.69) is 95.1 Å². The molecule has 0 aliphatic rings. The van der Waals surface area contributed by atoms with Crippen LogP contribution in [0.1, 0.15) is 74.5 Å². The lowest BCUT2D eigenvalue weighted by molar-refractivity contribution is 0.112. The molecular weight excluding hydrogens is 366 g/mol. The van der Waals surface area contributed by atoms with Crippen LogP contribution in [-0.2, 0) is 5.41 Å². The lowest BCUT2D eigenvalue weighted by Crippen LogP contribution is -2.19. The summed E-state index contributed by atoms with van der Waals surface area (Å²) in [7, 11) is 0. The second-order valence-corrected chi connectivity index (χ2v) is 10.5. The molecule has 1 atom stereocenters. The number of carbonyl (C=O) groups excluding carboxylic acids is 1. The van der Waals surface area contributed by atoms with Crippen LogP contribution in [0.3, 0.4) is 0 Å². The summed E-state index contributed by atoms with van der Waals surface area (Å²) in [6.45, 7) is 13.6. The molecule has 2 nitrogen and oxygen atoms in total. The molecule has 154 valence electrons. The maximum absolute atomic E-state index is 11.1. The molecule has 1 heterocycles. The summed E-state index contributed by atoms with van der Waals surface area (Å²) in [6, 6.07) is 21.6. The van der Waals surface area contributed by atoms with E-state index in [-0.39, 0.29) is 16.7 Å². The van der Waals surface area contributed by atoms with Crippen molar-refractivity contribution in [1.82, 2.24) is 4.98 Å². The molecule has 0 aliphatic carbocycles. The van der Waals surface area contributed by atoms with Crippen molar-refractivity contribution in [2.24, 2.45) is 5.41 Å². The van der Waals surface area contributed by atoms with Crippen LogP contribution in [0.25, 0.3) is 21.8 Å². The van der Waals surface area contributed by atoms with E-state index >= 15 is 0 Å². The second-order valence-electron chi connectivity index (χ2n) is 10.5. The molecule has 3 aromatic carbocycles. The predicted molar refractivity (Wildman–Crippen MR) is 128 cm³/mol. The first-order valence-corrected chi connectivity index (χ1v) is 10.7. The van der Waals surface area contributed by atoms with Gasteiger partial charge in [0, 0.05) is 33.3 Å². The van der Waals surface area contributed by atoms with Gasteiger partial charge in [0.15, 0.2) is 0 Å². The van der Waals surface area contributed by atoms with Crippen LogP contribution < -0.4 is 0 Å². The van der Waals surface area contributed by atoms with Crippen molar-refractivity contribution in [3.8, 4) is 0 Å². The van der Waals surface area contributed by atoms with Gasteiger partial charge in [-0.25, -0.2) is 0 Å². The Kier molecular flexibility index (Phi) is 4.85. The van der Waals surface area contributed by atoms with Crippen molar-refractivity contribution in [3.63, 3.8) is 0 Å². The zero-order valence-corrected chi connectivity index (χ0v) is 18.8. The molecule has 0 saturated heterocycles. The maximum Gasteiger partial charge on any atom is 0.150 e. The van der Waals surface area contributed by atoms with Crippen LogP contribution in [0.4, 0.5) is 0 Å². The third kappa shape index (κ3) is 3.67. The van der Waals surface area contributed by atoms with Gasteiger partial charge in [-0.2, -0.15) is 0 Å². The minimum atomic E-state index is 0.0407. The molecule has 4 aromatic rings. The van der Waals surface area contributed by atoms with E-state index < -0.39 is 0 Å². The number of rotatable bonds is 3. The SMILES string of the molecule is CC(C)(C)c1ccc2[nH]c3ccc(C(c4ccc(C=O)cc4)C(C)(C)C)cc3c2c1. The Hall–Kier alpha value is -2.87.